The summed E-state index contributed by atoms with van der Waals surface area (Å²) in [5, 5.41) is 6.50. The largest absolute Gasteiger partial charge is 0.497 e. The van der Waals surface area contributed by atoms with Gasteiger partial charge in [0, 0.05) is 25.2 Å². The summed E-state index contributed by atoms with van der Waals surface area (Å²) in [5.74, 6) is 2.55. The maximum Gasteiger partial charge on any atom is 0.224 e. The van der Waals surface area contributed by atoms with Gasteiger partial charge in [-0.25, -0.2) is 4.98 Å². The fourth-order valence-corrected chi connectivity index (χ4v) is 1.95. The van der Waals surface area contributed by atoms with Crippen LogP contribution >= 0.6 is 11.6 Å². The third-order valence-corrected chi connectivity index (χ3v) is 3.18. The van der Waals surface area contributed by atoms with Crippen molar-refractivity contribution in [3.05, 3.63) is 35.0 Å². The number of nitrogens with one attached hydrogen (secondary N) is 2. The van der Waals surface area contributed by atoms with E-state index in [0.29, 0.717) is 23.3 Å². The van der Waals surface area contributed by atoms with Crippen molar-refractivity contribution in [1.29, 1.82) is 0 Å². The third-order valence-electron chi connectivity index (χ3n) is 2.91. The molecule has 112 valence electrons. The van der Waals surface area contributed by atoms with Gasteiger partial charge in [-0.05, 0) is 12.1 Å². The van der Waals surface area contributed by atoms with E-state index in [1.54, 1.807) is 27.5 Å². The normalized spacial score (nSPS) is 10.1. The lowest BCUT2D eigenvalue weighted by Gasteiger charge is -2.12. The lowest BCUT2D eigenvalue weighted by atomic mass is 10.2. The maximum atomic E-state index is 6.07. The first-order valence-electron chi connectivity index (χ1n) is 6.33. The Morgan fingerprint density at radius 3 is 2.71 bits per heavy atom. The van der Waals surface area contributed by atoms with Gasteiger partial charge in [0.05, 0.1) is 20.4 Å². The van der Waals surface area contributed by atoms with Crippen molar-refractivity contribution in [2.45, 2.75) is 6.54 Å². The van der Waals surface area contributed by atoms with Crippen LogP contribution < -0.4 is 20.1 Å². The Bertz CT molecular complexity index is 622. The Morgan fingerprint density at radius 1 is 1.24 bits per heavy atom. The van der Waals surface area contributed by atoms with Crippen molar-refractivity contribution in [2.24, 2.45) is 0 Å². The van der Waals surface area contributed by atoms with Crippen LogP contribution in [0.2, 0.25) is 5.02 Å². The Kier molecular flexibility index (Phi) is 5.05. The molecule has 2 N–H and O–H groups in total. The average molecular weight is 309 g/mol. The summed E-state index contributed by atoms with van der Waals surface area (Å²) in [6, 6.07) is 5.64. The second-order valence-corrected chi connectivity index (χ2v) is 4.58. The average Bonchev–Trinajstić information content (AvgIpc) is 2.54. The molecule has 0 spiro atoms. The minimum Gasteiger partial charge on any atom is -0.497 e. The highest BCUT2D eigenvalue weighted by atomic mass is 35.5. The summed E-state index contributed by atoms with van der Waals surface area (Å²) in [6.07, 6.45) is 1.55. The Morgan fingerprint density at radius 2 is 2.05 bits per heavy atom. The first-order valence-corrected chi connectivity index (χ1v) is 6.70. The molecular weight excluding hydrogens is 292 g/mol. The van der Waals surface area contributed by atoms with E-state index in [9.17, 15) is 0 Å². The van der Waals surface area contributed by atoms with E-state index >= 15 is 0 Å². The molecule has 0 saturated carbocycles. The van der Waals surface area contributed by atoms with Crippen LogP contribution in [0.15, 0.2) is 24.4 Å². The van der Waals surface area contributed by atoms with Gasteiger partial charge in [-0.2, -0.15) is 4.98 Å². The summed E-state index contributed by atoms with van der Waals surface area (Å²) < 4.78 is 10.5. The van der Waals surface area contributed by atoms with E-state index in [2.05, 4.69) is 20.6 Å². The molecule has 0 amide bonds. The molecule has 0 bridgehead atoms. The van der Waals surface area contributed by atoms with Gasteiger partial charge in [0.2, 0.25) is 5.95 Å². The topological polar surface area (TPSA) is 68.3 Å². The lowest BCUT2D eigenvalue weighted by molar-refractivity contribution is 0.391. The van der Waals surface area contributed by atoms with Gasteiger partial charge >= 0.3 is 0 Å². The van der Waals surface area contributed by atoms with Crippen molar-refractivity contribution in [3.63, 3.8) is 0 Å². The van der Waals surface area contributed by atoms with E-state index in [1.807, 2.05) is 18.2 Å². The zero-order valence-electron chi connectivity index (χ0n) is 12.1. The molecule has 2 rings (SSSR count). The molecule has 1 heterocycles. The summed E-state index contributed by atoms with van der Waals surface area (Å²) in [7, 11) is 4.99. The molecule has 0 atom stereocenters. The number of anilines is 2. The van der Waals surface area contributed by atoms with Gasteiger partial charge in [0.15, 0.2) is 5.82 Å². The molecule has 1 aromatic carbocycles. The van der Waals surface area contributed by atoms with Crippen LogP contribution in [0.3, 0.4) is 0 Å². The molecule has 0 aliphatic carbocycles. The second-order valence-electron chi connectivity index (χ2n) is 4.17. The maximum absolute atomic E-state index is 6.07. The van der Waals surface area contributed by atoms with Crippen LogP contribution in [0.1, 0.15) is 5.56 Å². The number of ether oxygens (including phenoxy) is 2. The molecule has 6 nitrogen and oxygen atoms in total. The zero-order chi connectivity index (χ0) is 15.2. The van der Waals surface area contributed by atoms with Gasteiger partial charge in [-0.1, -0.05) is 11.6 Å². The van der Waals surface area contributed by atoms with E-state index in [-0.39, 0.29) is 0 Å². The lowest BCUT2D eigenvalue weighted by Crippen LogP contribution is -2.06. The van der Waals surface area contributed by atoms with Gasteiger partial charge in [0.25, 0.3) is 0 Å². The highest BCUT2D eigenvalue weighted by molar-refractivity contribution is 6.32. The van der Waals surface area contributed by atoms with Gasteiger partial charge < -0.3 is 20.1 Å². The van der Waals surface area contributed by atoms with Gasteiger partial charge in [0.1, 0.15) is 16.5 Å². The molecule has 7 heteroatoms. The number of halogens is 1. The van der Waals surface area contributed by atoms with Crippen LogP contribution in [0, 0.1) is 0 Å². The Hall–Kier alpha value is -2.21. The fourth-order valence-electron chi connectivity index (χ4n) is 1.79. The van der Waals surface area contributed by atoms with Gasteiger partial charge in [-0.15, -0.1) is 0 Å². The van der Waals surface area contributed by atoms with Crippen LogP contribution in [-0.4, -0.2) is 31.2 Å². The summed E-state index contributed by atoms with van der Waals surface area (Å²) >= 11 is 6.07. The van der Waals surface area contributed by atoms with Crippen molar-refractivity contribution >= 4 is 23.4 Å². The second kappa shape index (κ2) is 6.99. The number of nitrogens with zero attached hydrogens (tertiary/aromatic N) is 2. The highest BCUT2D eigenvalue weighted by Crippen LogP contribution is 2.26. The summed E-state index contributed by atoms with van der Waals surface area (Å²) in [6.45, 7) is 0.521. The molecule has 1 aromatic heterocycles. The summed E-state index contributed by atoms with van der Waals surface area (Å²) in [4.78, 5) is 8.30. The van der Waals surface area contributed by atoms with E-state index in [0.717, 1.165) is 17.1 Å². The molecule has 0 unspecified atom stereocenters. The Labute approximate surface area is 128 Å². The minimum absolute atomic E-state index is 0.460. The fraction of sp³-hybridized carbons (Fsp3) is 0.286. The number of hydrogen-bond acceptors (Lipinski definition) is 6. The minimum atomic E-state index is 0.460. The van der Waals surface area contributed by atoms with Crippen LogP contribution in [-0.2, 0) is 6.54 Å². The SMILES string of the molecule is CNc1ncc(Cl)c(NCc2ccc(OC)cc2OC)n1. The Balaban J connectivity index is 2.16. The van der Waals surface area contributed by atoms with Gasteiger partial charge in [-0.3, -0.25) is 0 Å². The summed E-state index contributed by atoms with van der Waals surface area (Å²) in [5.41, 5.74) is 0.971. The van der Waals surface area contributed by atoms with E-state index in [4.69, 9.17) is 21.1 Å². The number of methoxy groups -OCH3 is 2. The van der Waals surface area contributed by atoms with Crippen LogP contribution in [0.25, 0.3) is 0 Å². The molecular formula is C14H17ClN4O2. The van der Waals surface area contributed by atoms with Crippen molar-refractivity contribution in [1.82, 2.24) is 9.97 Å². The standard InChI is InChI=1S/C14H17ClN4O2/c1-16-14-18-8-11(15)13(19-14)17-7-9-4-5-10(20-2)6-12(9)21-3/h4-6,8H,7H2,1-3H3,(H2,16,17,18,19). The molecule has 0 saturated heterocycles. The molecule has 0 aliphatic rings. The zero-order valence-corrected chi connectivity index (χ0v) is 12.9. The molecule has 0 radical (unpaired) electrons. The molecule has 0 fully saturated rings. The van der Waals surface area contributed by atoms with Crippen molar-refractivity contribution in [3.8, 4) is 11.5 Å². The predicted molar refractivity (Wildman–Crippen MR) is 83.5 cm³/mol. The first-order chi connectivity index (χ1) is 10.2. The van der Waals surface area contributed by atoms with Crippen LogP contribution in [0.5, 0.6) is 11.5 Å². The number of benzene rings is 1. The molecule has 0 aliphatic heterocycles. The smallest absolute Gasteiger partial charge is 0.224 e. The van der Waals surface area contributed by atoms with E-state index in [1.165, 1.54) is 0 Å². The number of hydrogen-bond donors (Lipinski definition) is 2. The quantitative estimate of drug-likeness (QED) is 0.855. The first kappa shape index (κ1) is 15.2. The predicted octanol–water partition coefficient (Wildman–Crippen LogP) is 2.80. The van der Waals surface area contributed by atoms with Crippen molar-refractivity contribution < 1.29 is 9.47 Å². The third kappa shape index (κ3) is 3.66. The van der Waals surface area contributed by atoms with Crippen LogP contribution in [0.4, 0.5) is 11.8 Å². The van der Waals surface area contributed by atoms with Crippen molar-refractivity contribution in [2.75, 3.05) is 31.9 Å². The highest BCUT2D eigenvalue weighted by Gasteiger charge is 2.08. The monoisotopic (exact) mass is 308 g/mol. The molecule has 2 aromatic rings. The molecule has 21 heavy (non-hydrogen) atoms. The number of rotatable bonds is 6. The van der Waals surface area contributed by atoms with E-state index < -0.39 is 0 Å². The number of aromatic nitrogens is 2.